The van der Waals surface area contributed by atoms with Gasteiger partial charge in [-0.25, -0.2) is 4.79 Å². The van der Waals surface area contributed by atoms with Gasteiger partial charge >= 0.3 is 12.2 Å². The molecule has 0 bridgehead atoms. The average molecular weight is 405 g/mol. The summed E-state index contributed by atoms with van der Waals surface area (Å²) in [6.45, 7) is 3.51. The first-order valence-corrected chi connectivity index (χ1v) is 8.70. The second kappa shape index (κ2) is 7.23. The van der Waals surface area contributed by atoms with Crippen molar-refractivity contribution < 1.29 is 27.6 Å². The van der Waals surface area contributed by atoms with Crippen molar-refractivity contribution in [2.45, 2.75) is 25.4 Å². The highest BCUT2D eigenvalue weighted by atomic mass is 19.4. The number of carbonyl (C=O) groups is 3. The molecule has 2 aromatic carbocycles. The van der Waals surface area contributed by atoms with Gasteiger partial charge in [0.15, 0.2) is 0 Å². The number of nitrogens with one attached hydrogen (secondary N) is 3. The minimum atomic E-state index is -4.45. The Kier molecular flexibility index (Phi) is 5.08. The molecule has 0 radical (unpaired) electrons. The van der Waals surface area contributed by atoms with Crippen LogP contribution in [0.1, 0.15) is 45.7 Å². The molecule has 0 aromatic heterocycles. The first-order valence-electron chi connectivity index (χ1n) is 8.70. The maximum Gasteiger partial charge on any atom is 0.416 e. The summed E-state index contributed by atoms with van der Waals surface area (Å²) in [5.74, 6) is -1.04. The van der Waals surface area contributed by atoms with E-state index >= 15 is 0 Å². The lowest BCUT2D eigenvalue weighted by Crippen LogP contribution is -2.39. The Morgan fingerprint density at radius 3 is 2.31 bits per heavy atom. The van der Waals surface area contributed by atoms with Crippen LogP contribution in [0.2, 0.25) is 0 Å². The monoisotopic (exact) mass is 405 g/mol. The van der Waals surface area contributed by atoms with Crippen LogP contribution in [0.15, 0.2) is 42.5 Å². The SMILES string of the molecule is CC(C)(CNC(=O)Nc1ccc2c(c1)C(=O)NC2=O)c1cccc(C(F)(F)F)c1. The molecular weight excluding hydrogens is 387 g/mol. The Morgan fingerprint density at radius 1 is 0.966 bits per heavy atom. The average Bonchev–Trinajstić information content (AvgIpc) is 2.93. The molecule has 0 atom stereocenters. The number of carbonyl (C=O) groups excluding carboxylic acids is 3. The van der Waals surface area contributed by atoms with E-state index in [-0.39, 0.29) is 17.7 Å². The number of anilines is 1. The van der Waals surface area contributed by atoms with Crippen LogP contribution in [0.3, 0.4) is 0 Å². The van der Waals surface area contributed by atoms with E-state index in [1.54, 1.807) is 19.9 Å². The molecule has 1 aliphatic rings. The molecule has 0 saturated heterocycles. The van der Waals surface area contributed by atoms with Gasteiger partial charge in [0.1, 0.15) is 0 Å². The minimum absolute atomic E-state index is 0.0735. The topological polar surface area (TPSA) is 87.3 Å². The second-order valence-corrected chi connectivity index (χ2v) is 7.31. The van der Waals surface area contributed by atoms with Crippen molar-refractivity contribution in [3.63, 3.8) is 0 Å². The van der Waals surface area contributed by atoms with Gasteiger partial charge in [0.25, 0.3) is 11.8 Å². The molecule has 0 unspecified atom stereocenters. The van der Waals surface area contributed by atoms with E-state index in [4.69, 9.17) is 0 Å². The van der Waals surface area contributed by atoms with Crippen molar-refractivity contribution in [1.29, 1.82) is 0 Å². The van der Waals surface area contributed by atoms with Crippen molar-refractivity contribution in [1.82, 2.24) is 10.6 Å². The van der Waals surface area contributed by atoms with Crippen LogP contribution >= 0.6 is 0 Å². The highest BCUT2D eigenvalue weighted by molar-refractivity contribution is 6.22. The van der Waals surface area contributed by atoms with Crippen molar-refractivity contribution in [2.75, 3.05) is 11.9 Å². The van der Waals surface area contributed by atoms with Crippen LogP contribution < -0.4 is 16.0 Å². The van der Waals surface area contributed by atoms with Crippen molar-refractivity contribution in [3.8, 4) is 0 Å². The predicted molar refractivity (Wildman–Crippen MR) is 99.7 cm³/mol. The van der Waals surface area contributed by atoms with Gasteiger partial charge in [-0.15, -0.1) is 0 Å². The molecule has 4 amide bonds. The standard InChI is InChI=1S/C20H18F3N3O3/c1-19(2,11-4-3-5-12(8-11)20(21,22)23)10-24-18(29)25-13-6-7-14-15(9-13)17(28)26-16(14)27/h3-9H,10H2,1-2H3,(H2,24,25,29)(H,26,27,28). The number of alkyl halides is 3. The number of benzene rings is 2. The lowest BCUT2D eigenvalue weighted by molar-refractivity contribution is -0.137. The first-order chi connectivity index (χ1) is 13.5. The number of rotatable bonds is 4. The number of fused-ring (bicyclic) bond motifs is 1. The Balaban J connectivity index is 1.65. The predicted octanol–water partition coefficient (Wildman–Crippen LogP) is 3.69. The molecule has 0 saturated carbocycles. The van der Waals surface area contributed by atoms with Crippen LogP contribution in [-0.4, -0.2) is 24.4 Å². The van der Waals surface area contributed by atoms with E-state index in [0.29, 0.717) is 11.3 Å². The lowest BCUT2D eigenvalue weighted by Gasteiger charge is -2.26. The zero-order chi connectivity index (χ0) is 21.4. The summed E-state index contributed by atoms with van der Waals surface area (Å²) in [5.41, 5.74) is -0.381. The summed E-state index contributed by atoms with van der Waals surface area (Å²) < 4.78 is 38.8. The highest BCUT2D eigenvalue weighted by Crippen LogP contribution is 2.32. The number of urea groups is 1. The van der Waals surface area contributed by atoms with E-state index in [2.05, 4.69) is 16.0 Å². The van der Waals surface area contributed by atoms with Gasteiger partial charge in [-0.2, -0.15) is 13.2 Å². The maximum absolute atomic E-state index is 12.9. The number of hydrogen-bond donors (Lipinski definition) is 3. The third kappa shape index (κ3) is 4.39. The summed E-state index contributed by atoms with van der Waals surface area (Å²) in [6, 6.07) is 8.67. The van der Waals surface area contributed by atoms with Gasteiger partial charge in [-0.1, -0.05) is 32.0 Å². The van der Waals surface area contributed by atoms with Gasteiger partial charge in [-0.3, -0.25) is 14.9 Å². The van der Waals surface area contributed by atoms with Crippen LogP contribution in [0, 0.1) is 0 Å². The van der Waals surface area contributed by atoms with Gasteiger partial charge in [0.05, 0.1) is 16.7 Å². The summed E-state index contributed by atoms with van der Waals surface area (Å²) in [6.07, 6.45) is -4.45. The molecule has 3 N–H and O–H groups in total. The molecule has 9 heteroatoms. The molecule has 152 valence electrons. The maximum atomic E-state index is 12.9. The number of amides is 4. The fourth-order valence-corrected chi connectivity index (χ4v) is 2.94. The molecular formula is C20H18F3N3O3. The zero-order valence-electron chi connectivity index (χ0n) is 15.6. The Labute approximate surface area is 164 Å². The summed E-state index contributed by atoms with van der Waals surface area (Å²) in [4.78, 5) is 35.4. The number of hydrogen-bond acceptors (Lipinski definition) is 3. The fraction of sp³-hybridized carbons (Fsp3) is 0.250. The van der Waals surface area contributed by atoms with Crippen molar-refractivity contribution in [3.05, 3.63) is 64.7 Å². The van der Waals surface area contributed by atoms with E-state index in [1.807, 2.05) is 0 Å². The molecule has 29 heavy (non-hydrogen) atoms. The largest absolute Gasteiger partial charge is 0.416 e. The van der Waals surface area contributed by atoms with Crippen LogP contribution in [0.25, 0.3) is 0 Å². The van der Waals surface area contributed by atoms with E-state index in [1.165, 1.54) is 24.3 Å². The van der Waals surface area contributed by atoms with Gasteiger partial charge in [0, 0.05) is 17.6 Å². The van der Waals surface area contributed by atoms with Crippen molar-refractivity contribution >= 4 is 23.5 Å². The summed E-state index contributed by atoms with van der Waals surface area (Å²) >= 11 is 0. The summed E-state index contributed by atoms with van der Waals surface area (Å²) in [7, 11) is 0. The van der Waals surface area contributed by atoms with Crippen LogP contribution in [0.4, 0.5) is 23.7 Å². The number of imide groups is 1. The third-order valence-corrected chi connectivity index (χ3v) is 4.66. The zero-order valence-corrected chi connectivity index (χ0v) is 15.6. The van der Waals surface area contributed by atoms with Gasteiger partial charge < -0.3 is 10.6 Å². The highest BCUT2D eigenvalue weighted by Gasteiger charge is 2.32. The smallest absolute Gasteiger partial charge is 0.337 e. The van der Waals surface area contributed by atoms with Crippen LogP contribution in [-0.2, 0) is 11.6 Å². The Bertz CT molecular complexity index is 1000. The Morgan fingerprint density at radius 2 is 1.62 bits per heavy atom. The Hall–Kier alpha value is -3.36. The molecule has 0 aliphatic carbocycles. The van der Waals surface area contributed by atoms with E-state index in [9.17, 15) is 27.6 Å². The molecule has 0 spiro atoms. The van der Waals surface area contributed by atoms with E-state index in [0.717, 1.165) is 12.1 Å². The molecule has 3 rings (SSSR count). The fourth-order valence-electron chi connectivity index (χ4n) is 2.94. The molecule has 1 aliphatic heterocycles. The number of halogens is 3. The normalized spacial score (nSPS) is 13.7. The van der Waals surface area contributed by atoms with Gasteiger partial charge in [0.2, 0.25) is 0 Å². The molecule has 2 aromatic rings. The van der Waals surface area contributed by atoms with Gasteiger partial charge in [-0.05, 0) is 29.8 Å². The molecule has 0 fully saturated rings. The summed E-state index contributed by atoms with van der Waals surface area (Å²) in [5, 5.41) is 7.32. The van der Waals surface area contributed by atoms with Crippen LogP contribution in [0.5, 0.6) is 0 Å². The third-order valence-electron chi connectivity index (χ3n) is 4.66. The van der Waals surface area contributed by atoms with Crippen molar-refractivity contribution in [2.24, 2.45) is 0 Å². The molecule has 6 nitrogen and oxygen atoms in total. The first kappa shape index (κ1) is 20.4. The minimum Gasteiger partial charge on any atom is -0.337 e. The second-order valence-electron chi connectivity index (χ2n) is 7.31. The quantitative estimate of drug-likeness (QED) is 0.678. The lowest BCUT2D eigenvalue weighted by atomic mass is 9.84. The molecule has 1 heterocycles. The van der Waals surface area contributed by atoms with E-state index < -0.39 is 35.0 Å².